The van der Waals surface area contributed by atoms with Gasteiger partial charge in [0.15, 0.2) is 0 Å². The molecule has 2 heterocycles. The van der Waals surface area contributed by atoms with Gasteiger partial charge >= 0.3 is 35.5 Å². The Morgan fingerprint density at radius 3 is 1.00 bits per heavy atom. The van der Waals surface area contributed by atoms with Crippen LogP contribution in [0.4, 0.5) is 34.1 Å². The maximum Gasteiger partial charge on any atom is 0.494 e. The molecule has 15 nitrogen and oxygen atoms in total. The van der Waals surface area contributed by atoms with Crippen molar-refractivity contribution < 1.29 is 56.8 Å². The van der Waals surface area contributed by atoms with Crippen LogP contribution < -0.4 is 20.7 Å². The number of benzene rings is 10. The molecule has 0 aromatic heterocycles. The van der Waals surface area contributed by atoms with E-state index in [9.17, 15) is 13.0 Å². The van der Waals surface area contributed by atoms with Crippen molar-refractivity contribution in [1.82, 2.24) is 0 Å². The van der Waals surface area contributed by atoms with Crippen LogP contribution >= 0.6 is 31.9 Å². The summed E-state index contributed by atoms with van der Waals surface area (Å²) < 4.78 is 108. The first-order valence-electron chi connectivity index (χ1n) is 31.0. The minimum absolute atomic E-state index is 0.185. The lowest BCUT2D eigenvalue weighted by molar-refractivity contribution is 0.365. The molecule has 12 rings (SSSR count). The highest BCUT2D eigenvalue weighted by Crippen LogP contribution is 2.39. The van der Waals surface area contributed by atoms with Crippen LogP contribution in [-0.2, 0) is 50.0 Å². The van der Waals surface area contributed by atoms with Gasteiger partial charge in [-0.05, 0) is 192 Å². The highest BCUT2D eigenvalue weighted by Gasteiger charge is 2.30. The Morgan fingerprint density at radius 2 is 0.667 bits per heavy atom. The van der Waals surface area contributed by atoms with Gasteiger partial charge in [0.1, 0.15) is 4.90 Å². The van der Waals surface area contributed by atoms with Gasteiger partial charge < -0.3 is 28.4 Å². The normalized spacial score (nSPS) is 13.0. The van der Waals surface area contributed by atoms with Crippen LogP contribution in [0, 0.1) is 13.8 Å². The van der Waals surface area contributed by atoms with Gasteiger partial charge in [0.25, 0.3) is 10.1 Å². The zero-order valence-electron chi connectivity index (χ0n) is 53.8. The van der Waals surface area contributed by atoms with Crippen molar-refractivity contribution in [3.8, 4) is 33.4 Å². The summed E-state index contributed by atoms with van der Waals surface area (Å²) in [7, 11) is -11.7. The first kappa shape index (κ1) is 73.7. The Hall–Kier alpha value is -8.12. The smallest absolute Gasteiger partial charge is 0.405 e. The molecule has 0 radical (unpaired) electrons. The van der Waals surface area contributed by atoms with Crippen LogP contribution in [0.25, 0.3) is 33.4 Å². The fraction of sp³-hybridized carbons (Fsp3) is 0.189. The highest BCUT2D eigenvalue weighted by molar-refractivity contribution is 9.10. The van der Waals surface area contributed by atoms with Gasteiger partial charge in [-0.25, -0.2) is 0 Å². The number of hydrogen-bond donors (Lipinski definition) is 1. The number of hydrogen-bond acceptors (Lipinski definition) is 14. The molecule has 22 heteroatoms. The van der Waals surface area contributed by atoms with Gasteiger partial charge in [-0.2, -0.15) is 8.42 Å². The van der Waals surface area contributed by atoms with Crippen molar-refractivity contribution in [3.63, 3.8) is 0 Å². The molecule has 2 aliphatic heterocycles. The molecule has 2 atom stereocenters. The summed E-state index contributed by atoms with van der Waals surface area (Å²) in [6.45, 7) is 15.3. The van der Waals surface area contributed by atoms with Gasteiger partial charge in [-0.3, -0.25) is 4.55 Å². The summed E-state index contributed by atoms with van der Waals surface area (Å²) in [5.74, 6) is 1.15. The van der Waals surface area contributed by atoms with E-state index in [1.807, 2.05) is 12.1 Å². The largest absolute Gasteiger partial charge is 0.494 e. The molecule has 2 fully saturated rings. The third-order valence-electron chi connectivity index (χ3n) is 16.1. The average molecular weight is 1480 g/mol. The fourth-order valence-corrected chi connectivity index (χ4v) is 11.9. The van der Waals surface area contributed by atoms with E-state index in [1.54, 1.807) is 24.3 Å². The number of aryl methyl sites for hydroxylation is 2. The first-order chi connectivity index (χ1) is 46.1. The minimum Gasteiger partial charge on any atom is -0.405 e. The second-order valence-corrected chi connectivity index (χ2v) is 26.7. The molecule has 0 aliphatic carbocycles. The topological polar surface area (TPSA) is 200 Å². The number of anilines is 6. The molecule has 10 aromatic carbocycles. The van der Waals surface area contributed by atoms with Crippen molar-refractivity contribution in [1.29, 1.82) is 0 Å². The quantitative estimate of drug-likeness (QED) is 0.0707. The molecule has 2 saturated heterocycles. The van der Waals surface area contributed by atoms with Crippen molar-refractivity contribution in [2.45, 2.75) is 71.1 Å². The Labute approximate surface area is 583 Å². The lowest BCUT2D eigenvalue weighted by atomic mass is 9.78. The van der Waals surface area contributed by atoms with Crippen molar-refractivity contribution in [2.24, 2.45) is 0 Å². The molecule has 0 bridgehead atoms. The van der Waals surface area contributed by atoms with Crippen molar-refractivity contribution in [3.05, 3.63) is 268 Å². The van der Waals surface area contributed by atoms with Gasteiger partial charge in [0.2, 0.25) is 0 Å². The van der Waals surface area contributed by atoms with Gasteiger partial charge in [-0.1, -0.05) is 204 Å². The number of rotatable bonds is 16. The standard InChI is InChI=1S/C36H35N.C22H21Br2N.C16H16B2O7S.2O3S/c1-5-28(4)29-16-22-35(23-17-29)37(34-20-8-27(3)9-21-34)36-24-18-33(19-25-36)32-14-12-31(13-15-32)30-10-6-26(2)7-11-30;1-3-16(2)17-4-10-20(11-5-17)25(21-12-6-18(23)7-13-21)22-14-8-19(24)9-15-22;19-26(20,21)16-11-14(18-24-9-10-25-18)5-6-15(16)12-1-3-13(4-2-12)17-22-7-8-23-17;2*1-4(2)3/h6-25,28H,5H2,1-4H3;4-16H,3H2,1-2H3;1-6,11H,7-10H2,(H,19,20,21);;. The lowest BCUT2D eigenvalue weighted by Crippen LogP contribution is -2.32. The summed E-state index contributed by atoms with van der Waals surface area (Å²) in [5, 5.41) is 0. The molecular weight excluding hydrogens is 1400 g/mol. The average Bonchev–Trinajstić information content (AvgIpc) is 1.25. The number of nitrogens with zero attached hydrogens (tertiary/aromatic N) is 2. The molecule has 10 aromatic rings. The highest BCUT2D eigenvalue weighted by atomic mass is 79.9. The van der Waals surface area contributed by atoms with E-state index in [1.165, 1.54) is 56.3 Å². The van der Waals surface area contributed by atoms with Crippen LogP contribution in [0.2, 0.25) is 0 Å². The van der Waals surface area contributed by atoms with Crippen molar-refractivity contribution >= 4 is 122 Å². The molecule has 1 N–H and O–H groups in total. The zero-order valence-corrected chi connectivity index (χ0v) is 59.4. The molecule has 0 amide bonds. The Kier molecular flexibility index (Phi) is 27.4. The third kappa shape index (κ3) is 21.2. The molecule has 0 saturated carbocycles. The van der Waals surface area contributed by atoms with E-state index < -0.39 is 45.6 Å². The second-order valence-electron chi connectivity index (χ2n) is 22.7. The summed E-state index contributed by atoms with van der Waals surface area (Å²) >= 11 is 7.05. The predicted octanol–water partition coefficient (Wildman–Crippen LogP) is 16.9. The molecule has 2 aliphatic rings. The van der Waals surface area contributed by atoms with Crippen LogP contribution in [0.1, 0.15) is 74.6 Å². The van der Waals surface area contributed by atoms with Gasteiger partial charge in [0, 0.05) is 48.6 Å². The summed E-state index contributed by atoms with van der Waals surface area (Å²) in [5.41, 5.74) is 19.6. The SMILES string of the molecule is CCC(C)c1ccc(N(c2ccc(Br)cc2)c2ccc(Br)cc2)cc1.CCC(C)c1ccc(N(c2ccc(C)cc2)c2ccc(-c3ccc(-c4ccc(C)cc4)cc3)cc2)cc1.O=S(=O)(O)c1cc(B2OCCO2)ccc1-c1ccc(B2OCCO2)cc1.O=S(=O)=O.O=S(=O)=O. The Balaban J connectivity index is 0.000000178. The van der Waals surface area contributed by atoms with Gasteiger partial charge in [-0.15, -0.1) is 25.3 Å². The molecular formula is C74H72B2Br2N2O13S3. The van der Waals surface area contributed by atoms with Gasteiger partial charge in [0.05, 0.1) is 26.4 Å². The number of halogens is 2. The monoisotopic (exact) mass is 1470 g/mol. The third-order valence-corrected chi connectivity index (χ3v) is 18.1. The Morgan fingerprint density at radius 1 is 0.406 bits per heavy atom. The molecule has 2 unspecified atom stereocenters. The maximum absolute atomic E-state index is 11.9. The zero-order chi connectivity index (χ0) is 68.9. The maximum atomic E-state index is 11.9. The van der Waals surface area contributed by atoms with Crippen LogP contribution in [-0.4, -0.2) is 78.9 Å². The van der Waals surface area contributed by atoms with E-state index in [4.69, 9.17) is 43.9 Å². The van der Waals surface area contributed by atoms with E-state index in [0.717, 1.165) is 55.7 Å². The minimum atomic E-state index is -4.42. The van der Waals surface area contributed by atoms with E-state index in [-0.39, 0.29) is 4.90 Å². The lowest BCUT2D eigenvalue weighted by Gasteiger charge is -2.26. The van der Waals surface area contributed by atoms with E-state index >= 15 is 0 Å². The second kappa shape index (κ2) is 35.7. The molecule has 0 spiro atoms. The summed E-state index contributed by atoms with van der Waals surface area (Å²) in [4.78, 5) is 4.43. The van der Waals surface area contributed by atoms with Crippen LogP contribution in [0.5, 0.6) is 0 Å². The predicted molar refractivity (Wildman–Crippen MR) is 391 cm³/mol. The van der Waals surface area contributed by atoms with Crippen LogP contribution in [0.15, 0.2) is 250 Å². The van der Waals surface area contributed by atoms with E-state index in [2.05, 4.69) is 277 Å². The van der Waals surface area contributed by atoms with Crippen LogP contribution in [0.3, 0.4) is 0 Å². The fourth-order valence-electron chi connectivity index (χ4n) is 10.6. The Bertz CT molecular complexity index is 4400. The summed E-state index contributed by atoms with van der Waals surface area (Å²) in [6, 6.07) is 82.0. The molecule has 494 valence electrons. The first-order valence-corrected chi connectivity index (χ1v) is 36.0. The summed E-state index contributed by atoms with van der Waals surface area (Å²) in [6.07, 6.45) is 2.30. The van der Waals surface area contributed by atoms with E-state index in [0.29, 0.717) is 54.9 Å². The molecule has 96 heavy (non-hydrogen) atoms. The van der Waals surface area contributed by atoms with Crippen molar-refractivity contribution in [2.75, 3.05) is 36.2 Å².